The predicted octanol–water partition coefficient (Wildman–Crippen LogP) is 2.51. The SMILES string of the molecule is S=c1nc[nH]c2c1ncn2[C@@H]1CCCS1. The molecule has 2 aromatic rings. The second-order valence-corrected chi connectivity index (χ2v) is 5.20. The van der Waals surface area contributed by atoms with E-state index >= 15 is 0 Å². The maximum absolute atomic E-state index is 5.13. The first-order chi connectivity index (χ1) is 7.36. The average Bonchev–Trinajstić information content (AvgIpc) is 2.85. The van der Waals surface area contributed by atoms with Crippen molar-refractivity contribution in [2.75, 3.05) is 5.75 Å². The second-order valence-electron chi connectivity index (χ2n) is 3.52. The Hall–Kier alpha value is -0.880. The maximum Gasteiger partial charge on any atom is 0.157 e. The summed E-state index contributed by atoms with van der Waals surface area (Å²) in [6.45, 7) is 0. The van der Waals surface area contributed by atoms with E-state index in [1.54, 1.807) is 6.33 Å². The van der Waals surface area contributed by atoms with Gasteiger partial charge in [-0.05, 0) is 18.6 Å². The standard InChI is InChI=1S/C9H10N4S2/c14-9-7-8(10-4-11-9)13(5-12-7)6-2-1-3-15-6/h4-6H,1-3H2,(H,10,11,14)/t6-/m0/s1. The molecule has 0 aromatic carbocycles. The summed E-state index contributed by atoms with van der Waals surface area (Å²) in [5.41, 5.74) is 1.80. The summed E-state index contributed by atoms with van der Waals surface area (Å²) in [5, 5.41) is 0.503. The molecule has 1 aliphatic heterocycles. The van der Waals surface area contributed by atoms with Crippen LogP contribution in [-0.4, -0.2) is 25.3 Å². The summed E-state index contributed by atoms with van der Waals surface area (Å²) in [5.74, 6) is 1.23. The Morgan fingerprint density at radius 3 is 3.27 bits per heavy atom. The summed E-state index contributed by atoms with van der Waals surface area (Å²) in [7, 11) is 0. The number of aromatic amines is 1. The lowest BCUT2D eigenvalue weighted by atomic mass is 10.3. The molecule has 1 fully saturated rings. The van der Waals surface area contributed by atoms with Crippen LogP contribution in [0.4, 0.5) is 0 Å². The number of H-pyrrole nitrogens is 1. The summed E-state index contributed by atoms with van der Waals surface area (Å²) in [6.07, 6.45) is 5.99. The molecule has 1 atom stereocenters. The van der Waals surface area contributed by atoms with Gasteiger partial charge in [-0.3, -0.25) is 0 Å². The van der Waals surface area contributed by atoms with Gasteiger partial charge in [0.05, 0.1) is 18.0 Å². The molecule has 0 radical (unpaired) electrons. The topological polar surface area (TPSA) is 46.5 Å². The molecule has 15 heavy (non-hydrogen) atoms. The molecular formula is C9H10N4S2. The Morgan fingerprint density at radius 1 is 1.53 bits per heavy atom. The van der Waals surface area contributed by atoms with E-state index in [9.17, 15) is 0 Å². The van der Waals surface area contributed by atoms with Gasteiger partial charge in [-0.1, -0.05) is 12.2 Å². The highest BCUT2D eigenvalue weighted by Gasteiger charge is 2.19. The van der Waals surface area contributed by atoms with Crippen LogP contribution >= 0.6 is 24.0 Å². The molecule has 0 aliphatic carbocycles. The van der Waals surface area contributed by atoms with Crippen LogP contribution < -0.4 is 0 Å². The zero-order valence-corrected chi connectivity index (χ0v) is 9.64. The lowest BCUT2D eigenvalue weighted by Gasteiger charge is -2.10. The molecule has 78 valence electrons. The fourth-order valence-corrected chi connectivity index (χ4v) is 3.33. The fraction of sp³-hybridized carbons (Fsp3) is 0.444. The van der Waals surface area contributed by atoms with E-state index in [4.69, 9.17) is 12.2 Å². The summed E-state index contributed by atoms with van der Waals surface area (Å²) < 4.78 is 2.75. The first kappa shape index (κ1) is 9.35. The van der Waals surface area contributed by atoms with Gasteiger partial charge in [-0.25, -0.2) is 9.97 Å². The molecule has 1 saturated heterocycles. The van der Waals surface area contributed by atoms with Gasteiger partial charge in [0.2, 0.25) is 0 Å². The summed E-state index contributed by atoms with van der Waals surface area (Å²) in [4.78, 5) is 11.5. The third-order valence-corrected chi connectivity index (χ3v) is 4.27. The Balaban J connectivity index is 2.19. The van der Waals surface area contributed by atoms with Crippen LogP contribution in [0.25, 0.3) is 11.2 Å². The van der Waals surface area contributed by atoms with Crippen LogP contribution in [-0.2, 0) is 0 Å². The van der Waals surface area contributed by atoms with Gasteiger partial charge in [0.15, 0.2) is 4.64 Å². The van der Waals surface area contributed by atoms with Gasteiger partial charge < -0.3 is 9.55 Å². The van der Waals surface area contributed by atoms with Crippen molar-refractivity contribution in [3.05, 3.63) is 17.3 Å². The minimum absolute atomic E-state index is 0.503. The molecule has 6 heteroatoms. The first-order valence-corrected chi connectivity index (χ1v) is 6.34. The van der Waals surface area contributed by atoms with Crippen molar-refractivity contribution in [1.82, 2.24) is 19.5 Å². The lowest BCUT2D eigenvalue weighted by molar-refractivity contribution is 0.654. The van der Waals surface area contributed by atoms with Crippen molar-refractivity contribution >= 4 is 35.1 Å². The molecule has 4 nitrogen and oxygen atoms in total. The molecule has 3 rings (SSSR count). The molecule has 0 amide bonds. The Kier molecular flexibility index (Phi) is 2.25. The van der Waals surface area contributed by atoms with E-state index in [0.717, 1.165) is 11.2 Å². The van der Waals surface area contributed by atoms with Gasteiger partial charge in [-0.2, -0.15) is 0 Å². The van der Waals surface area contributed by atoms with Gasteiger partial charge in [0.1, 0.15) is 11.2 Å². The maximum atomic E-state index is 5.13. The van der Waals surface area contributed by atoms with Crippen molar-refractivity contribution in [3.8, 4) is 0 Å². The molecule has 1 aliphatic rings. The largest absolute Gasteiger partial charge is 0.330 e. The van der Waals surface area contributed by atoms with Crippen LogP contribution in [0.3, 0.4) is 0 Å². The number of rotatable bonds is 1. The van der Waals surface area contributed by atoms with Crippen molar-refractivity contribution in [2.45, 2.75) is 18.2 Å². The van der Waals surface area contributed by atoms with E-state index in [1.807, 2.05) is 18.1 Å². The van der Waals surface area contributed by atoms with Crippen LogP contribution in [0.5, 0.6) is 0 Å². The van der Waals surface area contributed by atoms with Gasteiger partial charge in [0.25, 0.3) is 0 Å². The Bertz CT molecular complexity index is 538. The minimum Gasteiger partial charge on any atom is -0.330 e. The Morgan fingerprint density at radius 2 is 2.47 bits per heavy atom. The molecule has 2 aromatic heterocycles. The normalized spacial score (nSPS) is 21.2. The summed E-state index contributed by atoms with van der Waals surface area (Å²) in [6, 6.07) is 0. The van der Waals surface area contributed by atoms with Crippen LogP contribution in [0, 0.1) is 4.64 Å². The highest BCUT2D eigenvalue weighted by atomic mass is 32.2. The van der Waals surface area contributed by atoms with Gasteiger partial charge in [0, 0.05) is 0 Å². The highest BCUT2D eigenvalue weighted by Crippen LogP contribution is 2.36. The van der Waals surface area contributed by atoms with Crippen molar-refractivity contribution in [2.24, 2.45) is 0 Å². The first-order valence-electron chi connectivity index (χ1n) is 4.88. The number of fused-ring (bicyclic) bond motifs is 1. The third-order valence-electron chi connectivity index (χ3n) is 2.60. The highest BCUT2D eigenvalue weighted by molar-refractivity contribution is 7.99. The van der Waals surface area contributed by atoms with Crippen molar-refractivity contribution in [3.63, 3.8) is 0 Å². The monoisotopic (exact) mass is 238 g/mol. The van der Waals surface area contributed by atoms with E-state index in [1.165, 1.54) is 18.6 Å². The molecule has 1 N–H and O–H groups in total. The predicted molar refractivity (Wildman–Crippen MR) is 63.4 cm³/mol. The van der Waals surface area contributed by atoms with Crippen LogP contribution in [0.15, 0.2) is 12.7 Å². The number of aromatic nitrogens is 4. The number of hydrogen-bond donors (Lipinski definition) is 1. The number of nitrogens with one attached hydrogen (secondary N) is 1. The van der Waals surface area contributed by atoms with Gasteiger partial charge in [-0.15, -0.1) is 11.8 Å². The molecule has 0 saturated carbocycles. The lowest BCUT2D eigenvalue weighted by Crippen LogP contribution is -2.00. The number of imidazole rings is 1. The quantitative estimate of drug-likeness (QED) is 0.775. The third kappa shape index (κ3) is 1.48. The minimum atomic E-state index is 0.503. The molecular weight excluding hydrogens is 228 g/mol. The van der Waals surface area contributed by atoms with Gasteiger partial charge >= 0.3 is 0 Å². The van der Waals surface area contributed by atoms with E-state index in [0.29, 0.717) is 10.0 Å². The molecule has 0 bridgehead atoms. The summed E-state index contributed by atoms with van der Waals surface area (Å²) >= 11 is 7.10. The molecule has 3 heterocycles. The number of nitrogens with zero attached hydrogens (tertiary/aromatic N) is 3. The van der Waals surface area contributed by atoms with Crippen molar-refractivity contribution in [1.29, 1.82) is 0 Å². The number of hydrogen-bond acceptors (Lipinski definition) is 4. The zero-order chi connectivity index (χ0) is 10.3. The van der Waals surface area contributed by atoms with Crippen LogP contribution in [0.2, 0.25) is 0 Å². The molecule has 0 unspecified atom stereocenters. The van der Waals surface area contributed by atoms with Crippen LogP contribution in [0.1, 0.15) is 18.2 Å². The Labute approximate surface area is 96.1 Å². The van der Waals surface area contributed by atoms with Crippen molar-refractivity contribution < 1.29 is 0 Å². The average molecular weight is 238 g/mol. The van der Waals surface area contributed by atoms with E-state index in [2.05, 4.69) is 19.5 Å². The smallest absolute Gasteiger partial charge is 0.157 e. The number of thioether (sulfide) groups is 1. The van der Waals surface area contributed by atoms with E-state index < -0.39 is 0 Å². The zero-order valence-electron chi connectivity index (χ0n) is 8.01. The second kappa shape index (κ2) is 3.61. The molecule has 0 spiro atoms. The fourth-order valence-electron chi connectivity index (χ4n) is 1.87. The van der Waals surface area contributed by atoms with E-state index in [-0.39, 0.29) is 0 Å².